The summed E-state index contributed by atoms with van der Waals surface area (Å²) in [4.78, 5) is 0. The van der Waals surface area contributed by atoms with Crippen molar-refractivity contribution in [3.8, 4) is 0 Å². The zero-order valence-corrected chi connectivity index (χ0v) is 12.6. The van der Waals surface area contributed by atoms with Crippen LogP contribution >= 0.6 is 22.6 Å². The number of nitrogens with zero attached hydrogens (tertiary/aromatic N) is 1. The van der Waals surface area contributed by atoms with E-state index in [9.17, 15) is 0 Å². The lowest BCUT2D eigenvalue weighted by Gasteiger charge is -2.26. The molecule has 2 heterocycles. The first-order valence-corrected chi connectivity index (χ1v) is 7.18. The third-order valence-electron chi connectivity index (χ3n) is 3.91. The normalized spacial score (nSPS) is 19.6. The summed E-state index contributed by atoms with van der Waals surface area (Å²) in [6.45, 7) is 8.86. The summed E-state index contributed by atoms with van der Waals surface area (Å²) < 4.78 is 3.90. The first-order chi connectivity index (χ1) is 8.11. The topological polar surface area (TPSA) is 17.0 Å². The van der Waals surface area contributed by atoms with Gasteiger partial charge in [0.25, 0.3) is 0 Å². The Hall–Kier alpha value is -0.550. The van der Waals surface area contributed by atoms with Crippen LogP contribution in [-0.4, -0.2) is 11.1 Å². The number of benzene rings is 1. The lowest BCUT2D eigenvalue weighted by atomic mass is 10.1. The lowest BCUT2D eigenvalue weighted by molar-refractivity contribution is 0.437. The molecule has 1 aliphatic rings. The Bertz CT molecular complexity index is 598. The quantitative estimate of drug-likeness (QED) is 0.726. The van der Waals surface area contributed by atoms with Crippen molar-refractivity contribution >= 4 is 33.5 Å². The number of nitrogens with one attached hydrogen (secondary N) is 1. The smallest absolute Gasteiger partial charge is 0.0529 e. The van der Waals surface area contributed by atoms with Gasteiger partial charge in [-0.05, 0) is 60.6 Å². The van der Waals surface area contributed by atoms with E-state index in [2.05, 4.69) is 65.4 Å². The molecule has 2 aromatic rings. The van der Waals surface area contributed by atoms with Crippen molar-refractivity contribution in [1.29, 1.82) is 0 Å². The first kappa shape index (κ1) is 11.5. The SMILES string of the molecule is Cc1c2n(c3c(C)c(I)ccc13)[C@H](C)CNC2. The number of rotatable bonds is 0. The summed E-state index contributed by atoms with van der Waals surface area (Å²) in [6, 6.07) is 5.05. The van der Waals surface area contributed by atoms with Crippen LogP contribution in [-0.2, 0) is 6.54 Å². The number of hydrogen-bond acceptors (Lipinski definition) is 1. The second-order valence-corrected chi connectivity index (χ2v) is 6.15. The molecule has 2 nitrogen and oxygen atoms in total. The van der Waals surface area contributed by atoms with Crippen molar-refractivity contribution in [3.63, 3.8) is 0 Å². The zero-order chi connectivity index (χ0) is 12.2. The van der Waals surface area contributed by atoms with Crippen molar-refractivity contribution < 1.29 is 0 Å². The fraction of sp³-hybridized carbons (Fsp3) is 0.429. The molecule has 0 saturated heterocycles. The van der Waals surface area contributed by atoms with E-state index in [1.165, 1.54) is 31.3 Å². The molecule has 17 heavy (non-hydrogen) atoms. The highest BCUT2D eigenvalue weighted by atomic mass is 127. The summed E-state index contributed by atoms with van der Waals surface area (Å²) >= 11 is 2.43. The van der Waals surface area contributed by atoms with Gasteiger partial charge in [0.05, 0.1) is 5.52 Å². The first-order valence-electron chi connectivity index (χ1n) is 6.10. The number of fused-ring (bicyclic) bond motifs is 3. The third kappa shape index (κ3) is 1.55. The van der Waals surface area contributed by atoms with Crippen LogP contribution in [0.4, 0.5) is 0 Å². The summed E-state index contributed by atoms with van der Waals surface area (Å²) in [5.74, 6) is 0. The summed E-state index contributed by atoms with van der Waals surface area (Å²) in [5.41, 5.74) is 5.77. The number of halogens is 1. The van der Waals surface area contributed by atoms with Crippen molar-refractivity contribution in [1.82, 2.24) is 9.88 Å². The van der Waals surface area contributed by atoms with Crippen LogP contribution in [0, 0.1) is 17.4 Å². The second kappa shape index (κ2) is 3.99. The Labute approximate surface area is 116 Å². The summed E-state index contributed by atoms with van der Waals surface area (Å²) in [7, 11) is 0. The Morgan fingerprint density at radius 3 is 2.82 bits per heavy atom. The predicted molar refractivity (Wildman–Crippen MR) is 80.5 cm³/mol. The van der Waals surface area contributed by atoms with E-state index in [4.69, 9.17) is 0 Å². The van der Waals surface area contributed by atoms with E-state index in [0.29, 0.717) is 6.04 Å². The predicted octanol–water partition coefficient (Wildman–Crippen LogP) is 3.53. The van der Waals surface area contributed by atoms with Gasteiger partial charge in [-0.3, -0.25) is 0 Å². The summed E-state index contributed by atoms with van der Waals surface area (Å²) in [6.07, 6.45) is 0. The molecule has 1 atom stereocenters. The molecular formula is C14H17IN2. The van der Waals surface area contributed by atoms with Crippen LogP contribution in [0.1, 0.15) is 29.8 Å². The van der Waals surface area contributed by atoms with Gasteiger partial charge >= 0.3 is 0 Å². The standard InChI is InChI=1S/C14H17IN2/c1-8-6-16-7-13-9(2)11-4-5-12(15)10(3)14(11)17(8)13/h4-5,8,16H,6-7H2,1-3H3/t8-/m1/s1. The number of aryl methyl sites for hydroxylation is 2. The monoisotopic (exact) mass is 340 g/mol. The van der Waals surface area contributed by atoms with Gasteiger partial charge in [0, 0.05) is 33.8 Å². The highest BCUT2D eigenvalue weighted by Crippen LogP contribution is 2.34. The molecule has 0 spiro atoms. The maximum Gasteiger partial charge on any atom is 0.0529 e. The number of aromatic nitrogens is 1. The van der Waals surface area contributed by atoms with Gasteiger partial charge in [-0.25, -0.2) is 0 Å². The molecule has 0 fully saturated rings. The minimum atomic E-state index is 0.548. The van der Waals surface area contributed by atoms with Gasteiger partial charge in [-0.2, -0.15) is 0 Å². The van der Waals surface area contributed by atoms with Crippen LogP contribution in [0.25, 0.3) is 10.9 Å². The largest absolute Gasteiger partial charge is 0.339 e. The molecule has 1 N–H and O–H groups in total. The Morgan fingerprint density at radius 1 is 1.29 bits per heavy atom. The van der Waals surface area contributed by atoms with Crippen molar-refractivity contribution in [2.24, 2.45) is 0 Å². The Kier molecular flexibility index (Phi) is 2.70. The molecule has 0 radical (unpaired) electrons. The van der Waals surface area contributed by atoms with Gasteiger partial charge < -0.3 is 9.88 Å². The Morgan fingerprint density at radius 2 is 2.06 bits per heavy atom. The van der Waals surface area contributed by atoms with Crippen LogP contribution in [0.15, 0.2) is 12.1 Å². The molecule has 0 unspecified atom stereocenters. The van der Waals surface area contributed by atoms with Gasteiger partial charge in [-0.1, -0.05) is 6.07 Å². The van der Waals surface area contributed by atoms with E-state index in [1.807, 2.05) is 0 Å². The zero-order valence-electron chi connectivity index (χ0n) is 10.5. The molecule has 3 heteroatoms. The fourth-order valence-corrected chi connectivity index (χ4v) is 3.39. The highest BCUT2D eigenvalue weighted by Gasteiger charge is 2.22. The van der Waals surface area contributed by atoms with E-state index in [1.54, 1.807) is 0 Å². The summed E-state index contributed by atoms with van der Waals surface area (Å²) in [5, 5.41) is 4.93. The minimum absolute atomic E-state index is 0.548. The van der Waals surface area contributed by atoms with Gasteiger partial charge in [0.1, 0.15) is 0 Å². The van der Waals surface area contributed by atoms with Crippen LogP contribution in [0.3, 0.4) is 0 Å². The Balaban J connectivity index is 2.46. The minimum Gasteiger partial charge on any atom is -0.339 e. The highest BCUT2D eigenvalue weighted by molar-refractivity contribution is 14.1. The van der Waals surface area contributed by atoms with Gasteiger partial charge in [0.15, 0.2) is 0 Å². The maximum atomic E-state index is 3.50. The molecule has 0 saturated carbocycles. The molecule has 3 rings (SSSR count). The molecule has 0 amide bonds. The lowest BCUT2D eigenvalue weighted by Crippen LogP contribution is -2.31. The maximum absolute atomic E-state index is 3.50. The number of hydrogen-bond donors (Lipinski definition) is 1. The molecule has 90 valence electrons. The molecule has 1 aromatic carbocycles. The van der Waals surface area contributed by atoms with Crippen LogP contribution in [0.2, 0.25) is 0 Å². The van der Waals surface area contributed by atoms with E-state index in [-0.39, 0.29) is 0 Å². The van der Waals surface area contributed by atoms with E-state index in [0.717, 1.165) is 13.1 Å². The van der Waals surface area contributed by atoms with Crippen molar-refractivity contribution in [3.05, 3.63) is 32.5 Å². The average Bonchev–Trinajstić information content (AvgIpc) is 2.60. The molecular weight excluding hydrogens is 323 g/mol. The van der Waals surface area contributed by atoms with Gasteiger partial charge in [-0.15, -0.1) is 0 Å². The van der Waals surface area contributed by atoms with Gasteiger partial charge in [0.2, 0.25) is 0 Å². The molecule has 1 aromatic heterocycles. The van der Waals surface area contributed by atoms with E-state index < -0.39 is 0 Å². The van der Waals surface area contributed by atoms with Crippen LogP contribution in [0.5, 0.6) is 0 Å². The molecule has 0 aliphatic carbocycles. The van der Waals surface area contributed by atoms with Crippen molar-refractivity contribution in [2.75, 3.05) is 6.54 Å². The van der Waals surface area contributed by atoms with Crippen LogP contribution < -0.4 is 5.32 Å². The van der Waals surface area contributed by atoms with Crippen molar-refractivity contribution in [2.45, 2.75) is 33.4 Å². The fourth-order valence-electron chi connectivity index (χ4n) is 2.95. The molecule has 0 bridgehead atoms. The molecule has 1 aliphatic heterocycles. The second-order valence-electron chi connectivity index (χ2n) is 4.99. The third-order valence-corrected chi connectivity index (χ3v) is 5.08. The van der Waals surface area contributed by atoms with E-state index >= 15 is 0 Å². The average molecular weight is 340 g/mol.